The maximum absolute atomic E-state index is 13.9. The summed E-state index contributed by atoms with van der Waals surface area (Å²) in [5.74, 6) is -2.24. The molecule has 11 nitrogen and oxygen atoms in total. The van der Waals surface area contributed by atoms with Crippen LogP contribution in [0.5, 0.6) is 0 Å². The molecule has 0 saturated carbocycles. The number of nitrogens with zero attached hydrogens (tertiary/aromatic N) is 2. The molecule has 0 bridgehead atoms. The normalized spacial score (nSPS) is 14.6. The second kappa shape index (κ2) is 12.3. The van der Waals surface area contributed by atoms with Crippen molar-refractivity contribution in [3.05, 3.63) is 45.5 Å². The van der Waals surface area contributed by atoms with Crippen LogP contribution in [0.3, 0.4) is 0 Å². The van der Waals surface area contributed by atoms with Gasteiger partial charge in [0.25, 0.3) is 5.91 Å². The fraction of sp³-hybridized carbons (Fsp3) is 0.519. The number of H-pyrrole nitrogens is 1. The highest BCUT2D eigenvalue weighted by molar-refractivity contribution is 5.98. The lowest BCUT2D eigenvalue weighted by Crippen LogP contribution is -2.56. The van der Waals surface area contributed by atoms with E-state index in [0.29, 0.717) is 5.56 Å². The number of carbonyl (C=O) groups excluding carboxylic acids is 4. The van der Waals surface area contributed by atoms with Gasteiger partial charge in [0.1, 0.15) is 23.2 Å². The maximum Gasteiger partial charge on any atom is 0.409 e. The lowest BCUT2D eigenvalue weighted by molar-refractivity contribution is -0.155. The van der Waals surface area contributed by atoms with Gasteiger partial charge in [-0.1, -0.05) is 0 Å². The summed E-state index contributed by atoms with van der Waals surface area (Å²) in [5, 5.41) is 2.72. The smallest absolute Gasteiger partial charge is 0.409 e. The zero-order valence-corrected chi connectivity index (χ0v) is 22.9. The molecule has 1 aliphatic rings. The van der Waals surface area contributed by atoms with Crippen molar-refractivity contribution in [1.29, 1.82) is 0 Å². The fourth-order valence-electron chi connectivity index (χ4n) is 4.19. The van der Waals surface area contributed by atoms with Gasteiger partial charge in [-0.15, -0.1) is 0 Å². The highest BCUT2D eigenvalue weighted by Gasteiger charge is 2.31. The van der Waals surface area contributed by atoms with Crippen molar-refractivity contribution in [2.75, 3.05) is 32.8 Å². The first-order valence-corrected chi connectivity index (χ1v) is 12.9. The third kappa shape index (κ3) is 7.78. The second-order valence-electron chi connectivity index (χ2n) is 10.4. The Labute approximate surface area is 225 Å². The minimum atomic E-state index is -1.10. The van der Waals surface area contributed by atoms with Crippen molar-refractivity contribution in [2.24, 2.45) is 0 Å². The number of rotatable bonds is 7. The van der Waals surface area contributed by atoms with Gasteiger partial charge < -0.3 is 29.6 Å². The Morgan fingerprint density at radius 1 is 1.08 bits per heavy atom. The van der Waals surface area contributed by atoms with Gasteiger partial charge in [0, 0.05) is 44.1 Å². The van der Waals surface area contributed by atoms with E-state index in [9.17, 15) is 28.4 Å². The topological polar surface area (TPSA) is 138 Å². The zero-order valence-electron chi connectivity index (χ0n) is 22.9. The number of benzene rings is 1. The van der Waals surface area contributed by atoms with Crippen molar-refractivity contribution in [2.45, 2.75) is 59.1 Å². The van der Waals surface area contributed by atoms with Crippen LogP contribution in [0.25, 0.3) is 10.9 Å². The summed E-state index contributed by atoms with van der Waals surface area (Å²) in [7, 11) is 0. The predicted octanol–water partition coefficient (Wildman–Crippen LogP) is 2.50. The molecule has 1 aliphatic heterocycles. The Hall–Kier alpha value is -3.96. The van der Waals surface area contributed by atoms with E-state index in [1.807, 2.05) is 0 Å². The first-order chi connectivity index (χ1) is 18.3. The van der Waals surface area contributed by atoms with Crippen LogP contribution in [0.15, 0.2) is 23.0 Å². The van der Waals surface area contributed by atoms with Crippen molar-refractivity contribution in [3.8, 4) is 0 Å². The highest BCUT2D eigenvalue weighted by atomic mass is 19.1. The second-order valence-corrected chi connectivity index (χ2v) is 10.4. The molecule has 1 aromatic carbocycles. The first kappa shape index (κ1) is 29.6. The molecule has 0 aliphatic carbocycles. The molecule has 1 fully saturated rings. The van der Waals surface area contributed by atoms with E-state index in [1.165, 1.54) is 22.8 Å². The number of pyridine rings is 1. The number of nitrogens with one attached hydrogen (secondary N) is 2. The number of piperazine rings is 1. The lowest BCUT2D eigenvalue weighted by Gasteiger charge is -2.36. The zero-order chi connectivity index (χ0) is 28.9. The lowest BCUT2D eigenvalue weighted by atomic mass is 10.1. The van der Waals surface area contributed by atoms with Crippen LogP contribution in [0.1, 0.15) is 56.6 Å². The number of hydrogen-bond donors (Lipinski definition) is 2. The molecule has 3 amide bonds. The molecule has 1 atom stereocenters. The number of hydrogen-bond acceptors (Lipinski definition) is 7. The summed E-state index contributed by atoms with van der Waals surface area (Å²) in [5.41, 5.74) is -0.813. The first-order valence-electron chi connectivity index (χ1n) is 12.9. The minimum absolute atomic E-state index is 0.0420. The predicted molar refractivity (Wildman–Crippen MR) is 141 cm³/mol. The molecule has 212 valence electrons. The number of aromatic amines is 1. The summed E-state index contributed by atoms with van der Waals surface area (Å²) in [6.45, 7) is 9.59. The molecule has 1 aromatic heterocycles. The van der Waals surface area contributed by atoms with Gasteiger partial charge in [-0.25, -0.2) is 9.18 Å². The van der Waals surface area contributed by atoms with Crippen LogP contribution in [-0.2, 0) is 19.1 Å². The van der Waals surface area contributed by atoms with Crippen LogP contribution >= 0.6 is 0 Å². The van der Waals surface area contributed by atoms with Crippen LogP contribution in [0.4, 0.5) is 9.18 Å². The van der Waals surface area contributed by atoms with Crippen molar-refractivity contribution < 1.29 is 33.0 Å². The van der Waals surface area contributed by atoms with Crippen LogP contribution in [0, 0.1) is 12.7 Å². The summed E-state index contributed by atoms with van der Waals surface area (Å²) in [6.07, 6.45) is -0.641. The summed E-state index contributed by atoms with van der Waals surface area (Å²) < 4.78 is 24.3. The standard InChI is InChI=1S/C27H35FN4O7/c1-6-38-26(37)32-11-9-31(10-12-32)25(36)19(7-8-23(34)39-27(3,4)5)30-24(35)21-15-22(33)17-14-18(28)16(2)13-20(17)29-21/h13-15,19H,6-12H2,1-5H3,(H,29,33)(H,30,35). The van der Waals surface area contributed by atoms with E-state index < -0.39 is 46.8 Å². The molecule has 39 heavy (non-hydrogen) atoms. The van der Waals surface area contributed by atoms with Crippen LogP contribution < -0.4 is 10.7 Å². The van der Waals surface area contributed by atoms with Gasteiger partial charge in [0.05, 0.1) is 12.1 Å². The molecular weight excluding hydrogens is 511 g/mol. The number of ether oxygens (including phenoxy) is 2. The minimum Gasteiger partial charge on any atom is -0.460 e. The number of carbonyl (C=O) groups is 4. The highest BCUT2D eigenvalue weighted by Crippen LogP contribution is 2.16. The van der Waals surface area contributed by atoms with E-state index >= 15 is 0 Å². The van der Waals surface area contributed by atoms with Crippen molar-refractivity contribution in [1.82, 2.24) is 20.1 Å². The van der Waals surface area contributed by atoms with Crippen molar-refractivity contribution in [3.63, 3.8) is 0 Å². The summed E-state index contributed by atoms with van der Waals surface area (Å²) in [6, 6.07) is 2.47. The Morgan fingerprint density at radius 2 is 1.72 bits per heavy atom. The van der Waals surface area contributed by atoms with Gasteiger partial charge in [-0.3, -0.25) is 19.2 Å². The molecule has 1 saturated heterocycles. The van der Waals surface area contributed by atoms with E-state index in [0.717, 1.165) is 12.1 Å². The number of halogens is 1. The number of fused-ring (bicyclic) bond motifs is 1. The van der Waals surface area contributed by atoms with E-state index in [4.69, 9.17) is 9.47 Å². The maximum atomic E-state index is 13.9. The summed E-state index contributed by atoms with van der Waals surface area (Å²) in [4.78, 5) is 69.4. The van der Waals surface area contributed by atoms with Gasteiger partial charge in [-0.05, 0) is 58.7 Å². The van der Waals surface area contributed by atoms with Gasteiger partial charge in [0.15, 0.2) is 5.43 Å². The van der Waals surface area contributed by atoms with Crippen LogP contribution in [-0.4, -0.2) is 83.1 Å². The van der Waals surface area contributed by atoms with E-state index in [2.05, 4.69) is 10.3 Å². The molecular formula is C27H35FN4O7. The number of aromatic nitrogens is 1. The number of amides is 3. The number of aryl methyl sites for hydroxylation is 1. The third-order valence-corrected chi connectivity index (χ3v) is 6.13. The molecule has 12 heteroatoms. The molecule has 2 aromatic rings. The average Bonchev–Trinajstić information content (AvgIpc) is 2.86. The molecule has 2 N–H and O–H groups in total. The molecule has 2 heterocycles. The SMILES string of the molecule is CCOC(=O)N1CCN(C(=O)C(CCC(=O)OC(C)(C)C)NC(=O)c2cc(=O)c3cc(F)c(C)cc3[nH]2)CC1. The third-order valence-electron chi connectivity index (χ3n) is 6.13. The van der Waals surface area contributed by atoms with Gasteiger partial charge in [0.2, 0.25) is 5.91 Å². The average molecular weight is 547 g/mol. The molecule has 0 radical (unpaired) electrons. The molecule has 1 unspecified atom stereocenters. The van der Waals surface area contributed by atoms with Crippen LogP contribution in [0.2, 0.25) is 0 Å². The van der Waals surface area contributed by atoms with Gasteiger partial charge >= 0.3 is 12.1 Å². The number of esters is 1. The Bertz CT molecular complexity index is 1310. The summed E-state index contributed by atoms with van der Waals surface area (Å²) >= 11 is 0. The van der Waals surface area contributed by atoms with Gasteiger partial charge in [-0.2, -0.15) is 0 Å². The van der Waals surface area contributed by atoms with E-state index in [1.54, 1.807) is 27.7 Å². The quantitative estimate of drug-likeness (QED) is 0.509. The molecule has 3 rings (SSSR count). The Morgan fingerprint density at radius 3 is 2.33 bits per heavy atom. The van der Waals surface area contributed by atoms with Crippen molar-refractivity contribution >= 4 is 34.8 Å². The molecule has 0 spiro atoms. The Kier molecular flexibility index (Phi) is 9.31. The Balaban J connectivity index is 1.79. The van der Waals surface area contributed by atoms with E-state index in [-0.39, 0.29) is 62.2 Å². The monoisotopic (exact) mass is 546 g/mol. The fourth-order valence-corrected chi connectivity index (χ4v) is 4.19. The largest absolute Gasteiger partial charge is 0.460 e.